The number of amides is 2. The Bertz CT molecular complexity index is 1060. The van der Waals surface area contributed by atoms with Gasteiger partial charge in [-0.25, -0.2) is 0 Å². The highest BCUT2D eigenvalue weighted by Crippen LogP contribution is 2.27. The number of rotatable bonds is 7. The summed E-state index contributed by atoms with van der Waals surface area (Å²) in [5.74, 6) is -0.630. The Morgan fingerprint density at radius 2 is 1.83 bits per heavy atom. The minimum atomic E-state index is -0.544. The average Bonchev–Trinajstić information content (AvgIpc) is 3.15. The number of carbonyl (C=O) groups is 2. The third kappa shape index (κ3) is 5.73. The standard InChI is InChI=1S/C17H12ClN5O4S2/c18-12-3-1-2-4-13(12)19-14(24)9-28-17-22-21-16(29-17)20-15(25)10-5-7-11(8-6-10)23(26)27/h1-8H,9H2,(H,19,24)(H,20,21,25). The molecule has 2 aromatic carbocycles. The highest BCUT2D eigenvalue weighted by atomic mass is 35.5. The fourth-order valence-electron chi connectivity index (χ4n) is 2.10. The summed E-state index contributed by atoms with van der Waals surface area (Å²) in [6, 6.07) is 12.1. The van der Waals surface area contributed by atoms with Crippen LogP contribution in [0.5, 0.6) is 0 Å². The zero-order chi connectivity index (χ0) is 20.8. The number of para-hydroxylation sites is 1. The molecule has 0 unspecified atom stereocenters. The number of benzene rings is 2. The van der Waals surface area contributed by atoms with Crippen molar-refractivity contribution >= 4 is 63.0 Å². The van der Waals surface area contributed by atoms with Crippen LogP contribution in [0.25, 0.3) is 0 Å². The molecule has 0 saturated carbocycles. The monoisotopic (exact) mass is 449 g/mol. The summed E-state index contributed by atoms with van der Waals surface area (Å²) >= 11 is 8.27. The molecular formula is C17H12ClN5O4S2. The molecule has 2 N–H and O–H groups in total. The van der Waals surface area contributed by atoms with Gasteiger partial charge in [-0.2, -0.15) is 0 Å². The van der Waals surface area contributed by atoms with Crippen molar-refractivity contribution in [2.24, 2.45) is 0 Å². The Kier molecular flexibility index (Phi) is 6.75. The van der Waals surface area contributed by atoms with Gasteiger partial charge in [0.25, 0.3) is 11.6 Å². The van der Waals surface area contributed by atoms with Crippen molar-refractivity contribution in [3.05, 3.63) is 69.2 Å². The van der Waals surface area contributed by atoms with E-state index >= 15 is 0 Å². The van der Waals surface area contributed by atoms with Crippen LogP contribution in [0.4, 0.5) is 16.5 Å². The van der Waals surface area contributed by atoms with Crippen LogP contribution in [-0.2, 0) is 4.79 Å². The third-order valence-electron chi connectivity index (χ3n) is 3.44. The Morgan fingerprint density at radius 3 is 2.52 bits per heavy atom. The summed E-state index contributed by atoms with van der Waals surface area (Å²) in [6.45, 7) is 0. The van der Waals surface area contributed by atoms with Crippen LogP contribution in [-0.4, -0.2) is 32.7 Å². The second kappa shape index (κ2) is 9.45. The number of nitro benzene ring substituents is 1. The van der Waals surface area contributed by atoms with Gasteiger partial charge in [0.05, 0.1) is 21.4 Å². The largest absolute Gasteiger partial charge is 0.324 e. The highest BCUT2D eigenvalue weighted by Gasteiger charge is 2.14. The summed E-state index contributed by atoms with van der Waals surface area (Å²) in [5.41, 5.74) is 0.665. The average molecular weight is 450 g/mol. The molecule has 0 spiro atoms. The molecule has 0 fully saturated rings. The van der Waals surface area contributed by atoms with Crippen molar-refractivity contribution in [3.63, 3.8) is 0 Å². The van der Waals surface area contributed by atoms with Crippen molar-refractivity contribution in [3.8, 4) is 0 Å². The number of anilines is 2. The molecule has 3 aromatic rings. The summed E-state index contributed by atoms with van der Waals surface area (Å²) in [5, 5.41) is 24.4. The van der Waals surface area contributed by atoms with E-state index in [2.05, 4.69) is 20.8 Å². The van der Waals surface area contributed by atoms with Crippen molar-refractivity contribution in [2.75, 3.05) is 16.4 Å². The van der Waals surface area contributed by atoms with Crippen molar-refractivity contribution in [1.29, 1.82) is 0 Å². The van der Waals surface area contributed by atoms with Gasteiger partial charge in [-0.1, -0.05) is 46.8 Å². The summed E-state index contributed by atoms with van der Waals surface area (Å²) in [4.78, 5) is 34.3. The zero-order valence-electron chi connectivity index (χ0n) is 14.5. The van der Waals surface area contributed by atoms with E-state index in [9.17, 15) is 19.7 Å². The number of thioether (sulfide) groups is 1. The van der Waals surface area contributed by atoms with E-state index in [4.69, 9.17) is 11.6 Å². The van der Waals surface area contributed by atoms with Gasteiger partial charge >= 0.3 is 0 Å². The van der Waals surface area contributed by atoms with Gasteiger partial charge in [0.1, 0.15) is 0 Å². The molecule has 0 saturated heterocycles. The van der Waals surface area contributed by atoms with Crippen LogP contribution in [0.15, 0.2) is 52.9 Å². The first-order chi connectivity index (χ1) is 13.9. The van der Waals surface area contributed by atoms with E-state index in [0.717, 1.165) is 11.3 Å². The van der Waals surface area contributed by atoms with E-state index in [1.54, 1.807) is 24.3 Å². The molecule has 0 aliphatic rings. The smallest absolute Gasteiger partial charge is 0.269 e. The molecule has 1 aromatic heterocycles. The SMILES string of the molecule is O=C(CSc1nnc(NC(=O)c2ccc([N+](=O)[O-])cc2)s1)Nc1ccccc1Cl. The number of hydrogen-bond acceptors (Lipinski definition) is 8. The second-order valence-electron chi connectivity index (χ2n) is 5.45. The van der Waals surface area contributed by atoms with Gasteiger partial charge < -0.3 is 5.32 Å². The molecule has 0 radical (unpaired) electrons. The van der Waals surface area contributed by atoms with Crippen LogP contribution < -0.4 is 10.6 Å². The molecule has 12 heteroatoms. The van der Waals surface area contributed by atoms with Gasteiger partial charge in [-0.15, -0.1) is 10.2 Å². The van der Waals surface area contributed by atoms with Crippen LogP contribution >= 0.6 is 34.7 Å². The first-order valence-electron chi connectivity index (χ1n) is 7.99. The summed E-state index contributed by atoms with van der Waals surface area (Å²) in [7, 11) is 0. The van der Waals surface area contributed by atoms with Crippen molar-refractivity contribution in [1.82, 2.24) is 10.2 Å². The maximum atomic E-state index is 12.2. The number of nitro groups is 1. The maximum absolute atomic E-state index is 12.2. The molecule has 29 heavy (non-hydrogen) atoms. The van der Waals surface area contributed by atoms with Crippen molar-refractivity contribution in [2.45, 2.75) is 4.34 Å². The molecule has 2 amide bonds. The zero-order valence-corrected chi connectivity index (χ0v) is 16.9. The molecule has 1 heterocycles. The van der Waals surface area contributed by atoms with Gasteiger partial charge in [0, 0.05) is 17.7 Å². The molecule has 9 nitrogen and oxygen atoms in total. The lowest BCUT2D eigenvalue weighted by Crippen LogP contribution is -2.14. The predicted molar refractivity (Wildman–Crippen MR) is 112 cm³/mol. The molecule has 148 valence electrons. The number of nitrogens with one attached hydrogen (secondary N) is 2. The molecule has 3 rings (SSSR count). The number of nitrogens with zero attached hydrogens (tertiary/aromatic N) is 3. The summed E-state index contributed by atoms with van der Waals surface area (Å²) in [6.07, 6.45) is 0. The minimum Gasteiger partial charge on any atom is -0.324 e. The Morgan fingerprint density at radius 1 is 1.10 bits per heavy atom. The topological polar surface area (TPSA) is 127 Å². The molecular weight excluding hydrogens is 438 g/mol. The van der Waals surface area contributed by atoms with Gasteiger partial charge in [0.15, 0.2) is 4.34 Å². The van der Waals surface area contributed by atoms with Crippen LogP contribution in [0.2, 0.25) is 5.02 Å². The molecule has 0 bridgehead atoms. The van der Waals surface area contributed by atoms with E-state index in [0.29, 0.717) is 15.0 Å². The first kappa shape index (κ1) is 20.7. The van der Waals surface area contributed by atoms with Crippen LogP contribution in [0, 0.1) is 10.1 Å². The first-order valence-corrected chi connectivity index (χ1v) is 10.2. The van der Waals surface area contributed by atoms with Gasteiger partial charge in [0.2, 0.25) is 11.0 Å². The number of halogens is 1. The quantitative estimate of drug-likeness (QED) is 0.240. The Hall–Kier alpha value is -3.02. The van der Waals surface area contributed by atoms with E-state index in [1.807, 2.05) is 0 Å². The maximum Gasteiger partial charge on any atom is 0.269 e. The second-order valence-corrected chi connectivity index (χ2v) is 8.06. The number of hydrogen-bond donors (Lipinski definition) is 2. The summed E-state index contributed by atoms with van der Waals surface area (Å²) < 4.78 is 0.498. The lowest BCUT2D eigenvalue weighted by atomic mass is 10.2. The Balaban J connectivity index is 1.52. The van der Waals surface area contributed by atoms with E-state index in [1.165, 1.54) is 36.0 Å². The number of carbonyl (C=O) groups excluding carboxylic acids is 2. The normalized spacial score (nSPS) is 10.4. The van der Waals surface area contributed by atoms with Crippen LogP contribution in [0.1, 0.15) is 10.4 Å². The lowest BCUT2D eigenvalue weighted by Gasteiger charge is -2.05. The predicted octanol–water partition coefficient (Wildman–Crippen LogP) is 4.08. The number of non-ortho nitro benzene ring substituents is 1. The fraction of sp³-hybridized carbons (Fsp3) is 0.0588. The molecule has 0 aliphatic heterocycles. The molecule has 0 atom stereocenters. The van der Waals surface area contributed by atoms with Crippen molar-refractivity contribution < 1.29 is 14.5 Å². The fourth-order valence-corrected chi connectivity index (χ4v) is 3.83. The van der Waals surface area contributed by atoms with Gasteiger partial charge in [-0.05, 0) is 24.3 Å². The highest BCUT2D eigenvalue weighted by molar-refractivity contribution is 8.01. The van der Waals surface area contributed by atoms with E-state index in [-0.39, 0.29) is 28.0 Å². The Labute approximate surface area is 177 Å². The van der Waals surface area contributed by atoms with Gasteiger partial charge in [-0.3, -0.25) is 25.0 Å². The van der Waals surface area contributed by atoms with Crippen LogP contribution in [0.3, 0.4) is 0 Å². The minimum absolute atomic E-state index is 0.0934. The molecule has 0 aliphatic carbocycles. The lowest BCUT2D eigenvalue weighted by molar-refractivity contribution is -0.384. The third-order valence-corrected chi connectivity index (χ3v) is 5.74. The number of aromatic nitrogens is 2. The van der Waals surface area contributed by atoms with E-state index < -0.39 is 10.8 Å².